The Morgan fingerprint density at radius 3 is 2.59 bits per heavy atom. The molecule has 0 unspecified atom stereocenters. The number of carbonyl (C=O) groups is 1. The highest BCUT2D eigenvalue weighted by molar-refractivity contribution is 5.94. The summed E-state index contributed by atoms with van der Waals surface area (Å²) in [6.07, 6.45) is 4.12. The van der Waals surface area contributed by atoms with E-state index in [-0.39, 0.29) is 24.6 Å². The predicted molar refractivity (Wildman–Crippen MR) is 90.2 cm³/mol. The molecule has 0 bridgehead atoms. The number of amides is 1. The van der Waals surface area contributed by atoms with Crippen LogP contribution in [-0.4, -0.2) is 29.7 Å². The van der Waals surface area contributed by atoms with E-state index in [0.29, 0.717) is 5.92 Å². The number of hydrogen-bond acceptors (Lipinski definition) is 3. The van der Waals surface area contributed by atoms with E-state index in [1.807, 2.05) is 19.1 Å². The minimum absolute atomic E-state index is 0.0454. The van der Waals surface area contributed by atoms with E-state index in [1.54, 1.807) is 0 Å². The van der Waals surface area contributed by atoms with E-state index in [9.17, 15) is 9.90 Å². The molecule has 0 spiro atoms. The molecule has 22 heavy (non-hydrogen) atoms. The third kappa shape index (κ3) is 3.87. The van der Waals surface area contributed by atoms with Crippen LogP contribution in [0.1, 0.15) is 56.6 Å². The van der Waals surface area contributed by atoms with Crippen LogP contribution in [0, 0.1) is 6.92 Å². The van der Waals surface area contributed by atoms with Crippen LogP contribution >= 0.6 is 0 Å². The maximum atomic E-state index is 12.3. The Morgan fingerprint density at radius 2 is 2.00 bits per heavy atom. The maximum absolute atomic E-state index is 12.3. The lowest BCUT2D eigenvalue weighted by Gasteiger charge is -2.28. The highest BCUT2D eigenvalue weighted by atomic mass is 16.3. The van der Waals surface area contributed by atoms with E-state index in [0.717, 1.165) is 42.5 Å². The number of benzene rings is 1. The molecule has 0 heterocycles. The van der Waals surface area contributed by atoms with E-state index < -0.39 is 0 Å². The Labute approximate surface area is 133 Å². The number of aryl methyl sites for hydroxylation is 1. The van der Waals surface area contributed by atoms with Gasteiger partial charge in [-0.05, 0) is 36.8 Å². The van der Waals surface area contributed by atoms with Gasteiger partial charge in [0.1, 0.15) is 0 Å². The van der Waals surface area contributed by atoms with Crippen LogP contribution in [0.2, 0.25) is 0 Å². The molecular weight excluding hydrogens is 276 g/mol. The SMILES string of the molecule is Cc1cccc(C(C)C)c1NC(=O)CNC1(CO)CCCC1. The molecule has 2 rings (SSSR count). The number of aliphatic hydroxyl groups excluding tert-OH is 1. The van der Waals surface area contributed by atoms with Crippen molar-refractivity contribution in [1.29, 1.82) is 0 Å². The Balaban J connectivity index is 2.01. The Morgan fingerprint density at radius 1 is 1.32 bits per heavy atom. The maximum Gasteiger partial charge on any atom is 0.238 e. The number of aliphatic hydroxyl groups is 1. The highest BCUT2D eigenvalue weighted by Crippen LogP contribution is 2.29. The molecule has 0 saturated heterocycles. The third-order valence-electron chi connectivity index (χ3n) is 4.68. The molecule has 1 aromatic carbocycles. The smallest absolute Gasteiger partial charge is 0.238 e. The molecule has 1 aromatic rings. The Kier molecular flexibility index (Phi) is 5.59. The summed E-state index contributed by atoms with van der Waals surface area (Å²) < 4.78 is 0. The van der Waals surface area contributed by atoms with E-state index in [2.05, 4.69) is 30.5 Å². The topological polar surface area (TPSA) is 61.4 Å². The molecule has 1 aliphatic carbocycles. The zero-order valence-electron chi connectivity index (χ0n) is 13.9. The molecule has 0 radical (unpaired) electrons. The fraction of sp³-hybridized carbons (Fsp3) is 0.611. The number of hydrogen-bond donors (Lipinski definition) is 3. The molecule has 0 aliphatic heterocycles. The van der Waals surface area contributed by atoms with Crippen LogP contribution in [0.3, 0.4) is 0 Å². The lowest BCUT2D eigenvalue weighted by molar-refractivity contribution is -0.115. The van der Waals surface area contributed by atoms with Gasteiger partial charge < -0.3 is 15.7 Å². The minimum atomic E-state index is -0.260. The van der Waals surface area contributed by atoms with Gasteiger partial charge in [0.15, 0.2) is 0 Å². The molecule has 4 nitrogen and oxygen atoms in total. The molecular formula is C18H28N2O2. The van der Waals surface area contributed by atoms with E-state index in [4.69, 9.17) is 0 Å². The average molecular weight is 304 g/mol. The van der Waals surface area contributed by atoms with Crippen molar-refractivity contribution in [1.82, 2.24) is 5.32 Å². The fourth-order valence-corrected chi connectivity index (χ4v) is 3.24. The van der Waals surface area contributed by atoms with Gasteiger partial charge >= 0.3 is 0 Å². The number of nitrogens with one attached hydrogen (secondary N) is 2. The Bertz CT molecular complexity index is 520. The molecule has 122 valence electrons. The summed E-state index contributed by atoms with van der Waals surface area (Å²) in [6.45, 7) is 6.61. The van der Waals surface area contributed by atoms with Crippen molar-refractivity contribution in [2.75, 3.05) is 18.5 Å². The molecule has 1 fully saturated rings. The van der Waals surface area contributed by atoms with Gasteiger partial charge in [-0.1, -0.05) is 44.9 Å². The molecule has 3 N–H and O–H groups in total. The second kappa shape index (κ2) is 7.25. The van der Waals surface area contributed by atoms with Crippen molar-refractivity contribution in [3.8, 4) is 0 Å². The van der Waals surface area contributed by atoms with Crippen LogP contribution in [-0.2, 0) is 4.79 Å². The van der Waals surface area contributed by atoms with Crippen LogP contribution in [0.4, 0.5) is 5.69 Å². The molecule has 0 aromatic heterocycles. The number of carbonyl (C=O) groups excluding carboxylic acids is 1. The van der Waals surface area contributed by atoms with Gasteiger partial charge in [0.2, 0.25) is 5.91 Å². The summed E-state index contributed by atoms with van der Waals surface area (Å²) in [7, 11) is 0. The van der Waals surface area contributed by atoms with Crippen molar-refractivity contribution in [3.63, 3.8) is 0 Å². The van der Waals surface area contributed by atoms with Crippen LogP contribution < -0.4 is 10.6 Å². The first-order valence-corrected chi connectivity index (χ1v) is 8.23. The van der Waals surface area contributed by atoms with Crippen molar-refractivity contribution >= 4 is 11.6 Å². The first-order valence-electron chi connectivity index (χ1n) is 8.23. The van der Waals surface area contributed by atoms with Gasteiger partial charge in [-0.15, -0.1) is 0 Å². The summed E-state index contributed by atoms with van der Waals surface area (Å²) in [6, 6.07) is 6.10. The fourth-order valence-electron chi connectivity index (χ4n) is 3.24. The molecule has 1 aliphatic rings. The average Bonchev–Trinajstić information content (AvgIpc) is 2.96. The predicted octanol–water partition coefficient (Wildman–Crippen LogP) is 2.95. The molecule has 0 atom stereocenters. The van der Waals surface area contributed by atoms with Crippen LogP contribution in [0.25, 0.3) is 0 Å². The van der Waals surface area contributed by atoms with E-state index >= 15 is 0 Å². The second-order valence-corrected chi connectivity index (χ2v) is 6.74. The first kappa shape index (κ1) is 17.0. The zero-order valence-corrected chi connectivity index (χ0v) is 13.9. The van der Waals surface area contributed by atoms with Crippen molar-refractivity contribution in [2.24, 2.45) is 0 Å². The molecule has 1 saturated carbocycles. The van der Waals surface area contributed by atoms with Gasteiger partial charge in [0, 0.05) is 11.2 Å². The van der Waals surface area contributed by atoms with Gasteiger partial charge in [-0.25, -0.2) is 0 Å². The lowest BCUT2D eigenvalue weighted by atomic mass is 9.98. The summed E-state index contributed by atoms with van der Waals surface area (Å²) in [5.41, 5.74) is 2.90. The second-order valence-electron chi connectivity index (χ2n) is 6.74. The molecule has 1 amide bonds. The molecule has 4 heteroatoms. The van der Waals surface area contributed by atoms with Gasteiger partial charge in [-0.2, -0.15) is 0 Å². The Hall–Kier alpha value is -1.39. The van der Waals surface area contributed by atoms with Gasteiger partial charge in [0.05, 0.1) is 13.2 Å². The highest BCUT2D eigenvalue weighted by Gasteiger charge is 2.33. The third-order valence-corrected chi connectivity index (χ3v) is 4.68. The number of anilines is 1. The lowest BCUT2D eigenvalue weighted by Crippen LogP contribution is -2.49. The van der Waals surface area contributed by atoms with Crippen molar-refractivity contribution in [2.45, 2.75) is 57.9 Å². The minimum Gasteiger partial charge on any atom is -0.394 e. The van der Waals surface area contributed by atoms with E-state index in [1.165, 1.54) is 0 Å². The quantitative estimate of drug-likeness (QED) is 0.757. The number of para-hydroxylation sites is 1. The summed E-state index contributed by atoms with van der Waals surface area (Å²) in [4.78, 5) is 12.3. The zero-order chi connectivity index (χ0) is 16.2. The van der Waals surface area contributed by atoms with Crippen molar-refractivity contribution < 1.29 is 9.90 Å². The van der Waals surface area contributed by atoms with Crippen LogP contribution in [0.5, 0.6) is 0 Å². The van der Waals surface area contributed by atoms with Gasteiger partial charge in [-0.3, -0.25) is 4.79 Å². The van der Waals surface area contributed by atoms with Crippen molar-refractivity contribution in [3.05, 3.63) is 29.3 Å². The summed E-state index contributed by atoms with van der Waals surface area (Å²) >= 11 is 0. The largest absolute Gasteiger partial charge is 0.394 e. The standard InChI is InChI=1S/C18H28N2O2/c1-13(2)15-8-6-7-14(3)17(15)20-16(22)11-19-18(12-21)9-4-5-10-18/h6-8,13,19,21H,4-5,9-12H2,1-3H3,(H,20,22). The first-order chi connectivity index (χ1) is 10.5. The van der Waals surface area contributed by atoms with Crippen LogP contribution in [0.15, 0.2) is 18.2 Å². The van der Waals surface area contributed by atoms with Gasteiger partial charge in [0.25, 0.3) is 0 Å². The monoisotopic (exact) mass is 304 g/mol. The normalized spacial score (nSPS) is 17.0. The summed E-state index contributed by atoms with van der Waals surface area (Å²) in [5.74, 6) is 0.317. The summed E-state index contributed by atoms with van der Waals surface area (Å²) in [5, 5.41) is 15.9. The number of rotatable bonds is 6.